The Balaban J connectivity index is 2.15. The van der Waals surface area contributed by atoms with Crippen LogP contribution in [0.3, 0.4) is 0 Å². The lowest BCUT2D eigenvalue weighted by Gasteiger charge is -2.32. The van der Waals surface area contributed by atoms with Gasteiger partial charge in [0.25, 0.3) is 5.91 Å². The number of aromatic amines is 1. The summed E-state index contributed by atoms with van der Waals surface area (Å²) in [6, 6.07) is 3.55. The average Bonchev–Trinajstić information content (AvgIpc) is 2.38. The minimum atomic E-state index is -0.00593. The van der Waals surface area contributed by atoms with Gasteiger partial charge in [-0.1, -0.05) is 19.1 Å². The monoisotopic (exact) mass is 252 g/mol. The van der Waals surface area contributed by atoms with Crippen LogP contribution in [0.1, 0.15) is 23.7 Å². The molecule has 1 fully saturated rings. The Morgan fingerprint density at radius 2 is 2.53 bits per heavy atom. The van der Waals surface area contributed by atoms with Crippen LogP contribution >= 0.6 is 12.2 Å². The van der Waals surface area contributed by atoms with E-state index in [1.165, 1.54) is 0 Å². The molecular weight excluding hydrogens is 236 g/mol. The van der Waals surface area contributed by atoms with Crippen LogP contribution in [0, 0.1) is 4.64 Å². The SMILES string of the molecule is CC[C@@H]1CN(C(=O)c2ccc[nH]c2=S)CCO1. The highest BCUT2D eigenvalue weighted by molar-refractivity contribution is 7.71. The maximum atomic E-state index is 12.3. The van der Waals surface area contributed by atoms with Crippen LogP contribution in [0.15, 0.2) is 18.3 Å². The largest absolute Gasteiger partial charge is 0.375 e. The van der Waals surface area contributed by atoms with Gasteiger partial charge in [-0.2, -0.15) is 0 Å². The summed E-state index contributed by atoms with van der Waals surface area (Å²) in [6.07, 6.45) is 2.80. The first-order valence-electron chi connectivity index (χ1n) is 5.81. The molecule has 1 aliphatic heterocycles. The number of hydrogen-bond donors (Lipinski definition) is 1. The third-order valence-corrected chi connectivity index (χ3v) is 3.27. The highest BCUT2D eigenvalue weighted by Crippen LogP contribution is 2.12. The third-order valence-electron chi connectivity index (χ3n) is 2.93. The van der Waals surface area contributed by atoms with Crippen molar-refractivity contribution in [3.63, 3.8) is 0 Å². The van der Waals surface area contributed by atoms with Crippen molar-refractivity contribution in [2.75, 3.05) is 19.7 Å². The number of H-pyrrole nitrogens is 1. The molecule has 0 aromatic carbocycles. The van der Waals surface area contributed by atoms with E-state index in [1.54, 1.807) is 18.3 Å². The van der Waals surface area contributed by atoms with Crippen molar-refractivity contribution < 1.29 is 9.53 Å². The summed E-state index contributed by atoms with van der Waals surface area (Å²) < 4.78 is 6.04. The number of pyridine rings is 1. The predicted octanol–water partition coefficient (Wildman–Crippen LogP) is 2.00. The number of carbonyl (C=O) groups excluding carboxylic acids is 1. The molecule has 0 saturated carbocycles. The maximum absolute atomic E-state index is 12.3. The van der Waals surface area contributed by atoms with Gasteiger partial charge in [0.05, 0.1) is 18.3 Å². The Bertz CT molecular complexity index is 458. The number of ether oxygens (including phenoxy) is 1. The minimum absolute atomic E-state index is 0.00593. The normalized spacial score (nSPS) is 20.3. The highest BCUT2D eigenvalue weighted by atomic mass is 32.1. The van der Waals surface area contributed by atoms with E-state index in [4.69, 9.17) is 17.0 Å². The van der Waals surface area contributed by atoms with Gasteiger partial charge >= 0.3 is 0 Å². The fourth-order valence-corrected chi connectivity index (χ4v) is 2.13. The summed E-state index contributed by atoms with van der Waals surface area (Å²) in [5, 5.41) is 0. The Morgan fingerprint density at radius 1 is 1.71 bits per heavy atom. The molecule has 1 aromatic heterocycles. The van der Waals surface area contributed by atoms with Crippen LogP contribution in [0.5, 0.6) is 0 Å². The molecule has 4 nitrogen and oxygen atoms in total. The van der Waals surface area contributed by atoms with E-state index < -0.39 is 0 Å². The van der Waals surface area contributed by atoms with E-state index in [0.29, 0.717) is 29.9 Å². The number of rotatable bonds is 2. The zero-order valence-corrected chi connectivity index (χ0v) is 10.6. The standard InChI is InChI=1S/C12H16N2O2S/c1-2-9-8-14(6-7-16-9)12(15)10-4-3-5-13-11(10)17/h3-5,9H,2,6-8H2,1H3,(H,13,17)/t9-/m1/s1. The number of carbonyl (C=O) groups is 1. The highest BCUT2D eigenvalue weighted by Gasteiger charge is 2.24. The van der Waals surface area contributed by atoms with E-state index >= 15 is 0 Å². The summed E-state index contributed by atoms with van der Waals surface area (Å²) in [7, 11) is 0. The predicted molar refractivity (Wildman–Crippen MR) is 67.6 cm³/mol. The van der Waals surface area contributed by atoms with Crippen molar-refractivity contribution >= 4 is 18.1 Å². The van der Waals surface area contributed by atoms with Crippen LogP contribution in [0.4, 0.5) is 0 Å². The number of hydrogen-bond acceptors (Lipinski definition) is 3. The zero-order chi connectivity index (χ0) is 12.3. The van der Waals surface area contributed by atoms with Gasteiger partial charge in [0, 0.05) is 19.3 Å². The molecule has 1 N–H and O–H groups in total. The molecule has 5 heteroatoms. The molecule has 1 aromatic rings. The second-order valence-corrected chi connectivity index (χ2v) is 4.47. The van der Waals surface area contributed by atoms with Gasteiger partial charge < -0.3 is 14.6 Å². The van der Waals surface area contributed by atoms with Crippen LogP contribution < -0.4 is 0 Å². The molecule has 0 spiro atoms. The van der Waals surface area contributed by atoms with Gasteiger partial charge in [-0.05, 0) is 18.6 Å². The number of amides is 1. The molecule has 2 rings (SSSR count). The molecule has 1 atom stereocenters. The Morgan fingerprint density at radius 3 is 3.24 bits per heavy atom. The van der Waals surface area contributed by atoms with E-state index in [0.717, 1.165) is 6.42 Å². The fraction of sp³-hybridized carbons (Fsp3) is 0.500. The van der Waals surface area contributed by atoms with E-state index in [1.807, 2.05) is 4.90 Å². The van der Waals surface area contributed by atoms with Gasteiger partial charge in [-0.15, -0.1) is 0 Å². The average molecular weight is 252 g/mol. The summed E-state index contributed by atoms with van der Waals surface area (Å²) in [6.45, 7) is 3.96. The molecule has 1 saturated heterocycles. The second kappa shape index (κ2) is 5.42. The van der Waals surface area contributed by atoms with Crippen LogP contribution in [-0.4, -0.2) is 41.6 Å². The molecule has 2 heterocycles. The molecule has 1 amide bonds. The van der Waals surface area contributed by atoms with E-state index in [2.05, 4.69) is 11.9 Å². The van der Waals surface area contributed by atoms with Gasteiger partial charge in [-0.3, -0.25) is 4.79 Å². The van der Waals surface area contributed by atoms with Gasteiger partial charge in [0.1, 0.15) is 4.64 Å². The summed E-state index contributed by atoms with van der Waals surface area (Å²) in [5.41, 5.74) is 0.569. The van der Waals surface area contributed by atoms with Crippen molar-refractivity contribution in [2.45, 2.75) is 19.4 Å². The van der Waals surface area contributed by atoms with Gasteiger partial charge in [0.15, 0.2) is 0 Å². The fourth-order valence-electron chi connectivity index (χ4n) is 1.91. The Kier molecular flexibility index (Phi) is 3.91. The molecule has 92 valence electrons. The lowest BCUT2D eigenvalue weighted by atomic mass is 10.2. The quantitative estimate of drug-likeness (QED) is 0.819. The number of nitrogens with one attached hydrogen (secondary N) is 1. The number of morpholine rings is 1. The lowest BCUT2D eigenvalue weighted by Crippen LogP contribution is -2.45. The van der Waals surface area contributed by atoms with E-state index in [9.17, 15) is 4.79 Å². The molecule has 17 heavy (non-hydrogen) atoms. The van der Waals surface area contributed by atoms with Crippen LogP contribution in [0.25, 0.3) is 0 Å². The minimum Gasteiger partial charge on any atom is -0.375 e. The van der Waals surface area contributed by atoms with Gasteiger partial charge in [0.2, 0.25) is 0 Å². The number of nitrogens with zero attached hydrogens (tertiary/aromatic N) is 1. The molecule has 0 radical (unpaired) electrons. The van der Waals surface area contributed by atoms with Gasteiger partial charge in [-0.25, -0.2) is 0 Å². The first kappa shape index (κ1) is 12.3. The van der Waals surface area contributed by atoms with E-state index in [-0.39, 0.29) is 12.0 Å². The zero-order valence-electron chi connectivity index (χ0n) is 9.81. The van der Waals surface area contributed by atoms with Crippen LogP contribution in [0.2, 0.25) is 0 Å². The number of aromatic nitrogens is 1. The summed E-state index contributed by atoms with van der Waals surface area (Å²) >= 11 is 5.12. The van der Waals surface area contributed by atoms with Crippen molar-refractivity contribution in [3.05, 3.63) is 28.5 Å². The summed E-state index contributed by atoms with van der Waals surface area (Å²) in [5.74, 6) is -0.00593. The smallest absolute Gasteiger partial charge is 0.257 e. The maximum Gasteiger partial charge on any atom is 0.257 e. The van der Waals surface area contributed by atoms with Crippen LogP contribution in [-0.2, 0) is 4.74 Å². The topological polar surface area (TPSA) is 45.3 Å². The van der Waals surface area contributed by atoms with Crippen molar-refractivity contribution in [1.82, 2.24) is 9.88 Å². The third kappa shape index (κ3) is 2.73. The first-order valence-corrected chi connectivity index (χ1v) is 6.21. The molecule has 0 bridgehead atoms. The molecule has 0 aliphatic carbocycles. The molecular formula is C12H16N2O2S. The molecule has 1 aliphatic rings. The molecule has 0 unspecified atom stereocenters. The Hall–Kier alpha value is -1.20. The van der Waals surface area contributed by atoms with Crippen molar-refractivity contribution in [2.24, 2.45) is 0 Å². The second-order valence-electron chi connectivity index (χ2n) is 4.07. The first-order chi connectivity index (χ1) is 8.22. The Labute approximate surface area is 106 Å². The summed E-state index contributed by atoms with van der Waals surface area (Å²) in [4.78, 5) is 17.0. The van der Waals surface area contributed by atoms with Crippen molar-refractivity contribution in [3.8, 4) is 0 Å². The lowest BCUT2D eigenvalue weighted by molar-refractivity contribution is -0.0226. The van der Waals surface area contributed by atoms with Crippen molar-refractivity contribution in [1.29, 1.82) is 0 Å².